The molecule has 0 bridgehead atoms. The summed E-state index contributed by atoms with van der Waals surface area (Å²) in [5.74, 6) is -1.95. The molecule has 27 heavy (non-hydrogen) atoms. The number of hydrogen-bond donors (Lipinski definition) is 3. The monoisotopic (exact) mass is 381 g/mol. The summed E-state index contributed by atoms with van der Waals surface area (Å²) in [6.45, 7) is 0. The van der Waals surface area contributed by atoms with Crippen molar-refractivity contribution >= 4 is 46.2 Å². The molecule has 0 atom stereocenters. The van der Waals surface area contributed by atoms with Gasteiger partial charge in [-0.1, -0.05) is 29.8 Å². The SMILES string of the molecule is Nc1ccc(N(C(=O)C(=O)Nc2cc(Cl)ccc2O)c2ccccc2)cc1. The number of nitrogens with zero attached hydrogens (tertiary/aromatic N) is 1. The first-order valence-electron chi connectivity index (χ1n) is 8.00. The van der Waals surface area contributed by atoms with Crippen molar-refractivity contribution in [3.63, 3.8) is 0 Å². The van der Waals surface area contributed by atoms with Crippen molar-refractivity contribution < 1.29 is 14.7 Å². The van der Waals surface area contributed by atoms with Crippen LogP contribution in [0.3, 0.4) is 0 Å². The van der Waals surface area contributed by atoms with Gasteiger partial charge in [0.1, 0.15) is 5.75 Å². The topological polar surface area (TPSA) is 95.7 Å². The number of rotatable bonds is 3. The van der Waals surface area contributed by atoms with E-state index in [1.165, 1.54) is 23.1 Å². The van der Waals surface area contributed by atoms with Gasteiger partial charge in [0, 0.05) is 22.1 Å². The van der Waals surface area contributed by atoms with Crippen LogP contribution < -0.4 is 16.0 Å². The van der Waals surface area contributed by atoms with Crippen molar-refractivity contribution in [2.45, 2.75) is 0 Å². The average Bonchev–Trinajstić information content (AvgIpc) is 2.67. The quantitative estimate of drug-likeness (QED) is 0.364. The summed E-state index contributed by atoms with van der Waals surface area (Å²) in [6.07, 6.45) is 0. The minimum atomic E-state index is -0.923. The Balaban J connectivity index is 1.94. The van der Waals surface area contributed by atoms with E-state index in [1.54, 1.807) is 54.6 Å². The van der Waals surface area contributed by atoms with Crippen LogP contribution in [0.15, 0.2) is 72.8 Å². The molecule has 0 aliphatic heterocycles. The van der Waals surface area contributed by atoms with E-state index in [0.717, 1.165) is 0 Å². The molecule has 0 radical (unpaired) electrons. The molecule has 0 aromatic heterocycles. The van der Waals surface area contributed by atoms with Gasteiger partial charge in [-0.05, 0) is 54.6 Å². The number of phenols is 1. The van der Waals surface area contributed by atoms with Crippen LogP contribution in [-0.4, -0.2) is 16.9 Å². The molecule has 0 fully saturated rings. The Hall–Kier alpha value is -3.51. The Labute approximate surface area is 160 Å². The van der Waals surface area contributed by atoms with Crippen molar-refractivity contribution in [2.75, 3.05) is 16.0 Å². The molecule has 2 amide bonds. The Bertz CT molecular complexity index is 976. The summed E-state index contributed by atoms with van der Waals surface area (Å²) >= 11 is 5.88. The van der Waals surface area contributed by atoms with Gasteiger partial charge in [0.2, 0.25) is 0 Å². The molecule has 3 aromatic rings. The summed E-state index contributed by atoms with van der Waals surface area (Å²) in [5.41, 5.74) is 7.28. The van der Waals surface area contributed by atoms with E-state index in [-0.39, 0.29) is 11.4 Å². The molecule has 0 heterocycles. The van der Waals surface area contributed by atoms with Gasteiger partial charge in [0.25, 0.3) is 0 Å². The summed E-state index contributed by atoms with van der Waals surface area (Å²) < 4.78 is 0. The predicted octanol–water partition coefficient (Wildman–Crippen LogP) is 3.93. The van der Waals surface area contributed by atoms with E-state index in [4.69, 9.17) is 17.3 Å². The second kappa shape index (κ2) is 7.80. The lowest BCUT2D eigenvalue weighted by atomic mass is 10.2. The molecule has 136 valence electrons. The summed E-state index contributed by atoms with van der Waals surface area (Å²) in [7, 11) is 0. The number of nitrogens with one attached hydrogen (secondary N) is 1. The number of nitrogen functional groups attached to an aromatic ring is 1. The second-order valence-electron chi connectivity index (χ2n) is 5.68. The van der Waals surface area contributed by atoms with Crippen molar-refractivity contribution in [3.05, 3.63) is 77.8 Å². The van der Waals surface area contributed by atoms with Gasteiger partial charge in [-0.25, -0.2) is 0 Å². The number of carbonyl (C=O) groups is 2. The fourth-order valence-corrected chi connectivity index (χ4v) is 2.64. The molecule has 0 aliphatic carbocycles. The fraction of sp³-hybridized carbons (Fsp3) is 0. The zero-order valence-electron chi connectivity index (χ0n) is 14.1. The van der Waals surface area contributed by atoms with Crippen LogP contribution in [0, 0.1) is 0 Å². The van der Waals surface area contributed by atoms with Gasteiger partial charge in [0.05, 0.1) is 5.69 Å². The molecule has 7 heteroatoms. The third-order valence-electron chi connectivity index (χ3n) is 3.77. The summed E-state index contributed by atoms with van der Waals surface area (Å²) in [5, 5.41) is 12.6. The third kappa shape index (κ3) is 4.19. The van der Waals surface area contributed by atoms with Gasteiger partial charge in [0.15, 0.2) is 0 Å². The van der Waals surface area contributed by atoms with Crippen LogP contribution >= 0.6 is 11.6 Å². The van der Waals surface area contributed by atoms with Crippen LogP contribution in [-0.2, 0) is 9.59 Å². The van der Waals surface area contributed by atoms with Gasteiger partial charge >= 0.3 is 11.8 Å². The minimum absolute atomic E-state index is 0.0474. The first-order valence-corrected chi connectivity index (χ1v) is 8.38. The molecule has 0 unspecified atom stereocenters. The van der Waals surface area contributed by atoms with E-state index in [9.17, 15) is 14.7 Å². The predicted molar refractivity (Wildman–Crippen MR) is 106 cm³/mol. The smallest absolute Gasteiger partial charge is 0.321 e. The Kier molecular flexibility index (Phi) is 5.28. The number of nitrogens with two attached hydrogens (primary N) is 1. The Morgan fingerprint density at radius 1 is 0.926 bits per heavy atom. The van der Waals surface area contributed by atoms with Crippen LogP contribution in [0.5, 0.6) is 5.75 Å². The number of halogens is 1. The zero-order valence-corrected chi connectivity index (χ0v) is 14.9. The number of amides is 2. The standard InChI is InChI=1S/C20H16ClN3O3/c21-13-6-11-18(25)17(12-13)23-19(26)20(27)24(15-4-2-1-3-5-15)16-9-7-14(22)8-10-16/h1-12,25H,22H2,(H,23,26). The number of hydrogen-bond acceptors (Lipinski definition) is 4. The molecular formula is C20H16ClN3O3. The molecule has 0 spiro atoms. The van der Waals surface area contributed by atoms with E-state index >= 15 is 0 Å². The van der Waals surface area contributed by atoms with Crippen LogP contribution in [0.4, 0.5) is 22.7 Å². The maximum Gasteiger partial charge on any atom is 0.321 e. The van der Waals surface area contributed by atoms with Gasteiger partial charge in [-0.2, -0.15) is 0 Å². The van der Waals surface area contributed by atoms with Crippen LogP contribution in [0.1, 0.15) is 0 Å². The molecular weight excluding hydrogens is 366 g/mol. The first kappa shape index (κ1) is 18.3. The van der Waals surface area contributed by atoms with E-state index in [1.807, 2.05) is 0 Å². The Morgan fingerprint density at radius 3 is 2.22 bits per heavy atom. The molecule has 3 aromatic carbocycles. The summed E-state index contributed by atoms with van der Waals surface area (Å²) in [6, 6.07) is 19.5. The first-order chi connectivity index (χ1) is 13.0. The maximum atomic E-state index is 12.9. The highest BCUT2D eigenvalue weighted by Gasteiger charge is 2.25. The minimum Gasteiger partial charge on any atom is -0.506 e. The number of benzene rings is 3. The number of phenolic OH excluding ortho intramolecular Hbond substituents is 1. The number of para-hydroxylation sites is 1. The van der Waals surface area contributed by atoms with E-state index in [2.05, 4.69) is 5.32 Å². The summed E-state index contributed by atoms with van der Waals surface area (Å²) in [4.78, 5) is 26.7. The molecule has 6 nitrogen and oxygen atoms in total. The highest BCUT2D eigenvalue weighted by Crippen LogP contribution is 2.29. The zero-order chi connectivity index (χ0) is 19.4. The van der Waals surface area contributed by atoms with Crippen molar-refractivity contribution in [1.29, 1.82) is 0 Å². The highest BCUT2D eigenvalue weighted by molar-refractivity contribution is 6.46. The average molecular weight is 382 g/mol. The van der Waals surface area contributed by atoms with Gasteiger partial charge < -0.3 is 16.2 Å². The van der Waals surface area contributed by atoms with Crippen molar-refractivity contribution in [1.82, 2.24) is 0 Å². The van der Waals surface area contributed by atoms with Gasteiger partial charge in [-0.15, -0.1) is 0 Å². The van der Waals surface area contributed by atoms with Gasteiger partial charge in [-0.3, -0.25) is 14.5 Å². The second-order valence-corrected chi connectivity index (χ2v) is 6.12. The van der Waals surface area contributed by atoms with Crippen molar-refractivity contribution in [2.24, 2.45) is 0 Å². The normalized spacial score (nSPS) is 10.3. The molecule has 0 saturated carbocycles. The maximum absolute atomic E-state index is 12.9. The number of anilines is 4. The Morgan fingerprint density at radius 2 is 1.56 bits per heavy atom. The lowest BCUT2D eigenvalue weighted by molar-refractivity contribution is -0.134. The number of aromatic hydroxyl groups is 1. The van der Waals surface area contributed by atoms with Crippen molar-refractivity contribution in [3.8, 4) is 5.75 Å². The largest absolute Gasteiger partial charge is 0.506 e. The third-order valence-corrected chi connectivity index (χ3v) is 4.00. The molecule has 4 N–H and O–H groups in total. The number of carbonyl (C=O) groups excluding carboxylic acids is 2. The fourth-order valence-electron chi connectivity index (χ4n) is 2.47. The van der Waals surface area contributed by atoms with E-state index in [0.29, 0.717) is 22.1 Å². The molecule has 0 aliphatic rings. The molecule has 0 saturated heterocycles. The lowest BCUT2D eigenvalue weighted by Crippen LogP contribution is -2.36. The molecule has 3 rings (SSSR count). The lowest BCUT2D eigenvalue weighted by Gasteiger charge is -2.22. The highest BCUT2D eigenvalue weighted by atomic mass is 35.5. The van der Waals surface area contributed by atoms with Crippen LogP contribution in [0.2, 0.25) is 5.02 Å². The van der Waals surface area contributed by atoms with E-state index < -0.39 is 11.8 Å². The van der Waals surface area contributed by atoms with Crippen LogP contribution in [0.25, 0.3) is 0 Å².